The fourth-order valence-electron chi connectivity index (χ4n) is 7.45. The second kappa shape index (κ2) is 3.80. The quantitative estimate of drug-likeness (QED) is 0.693. The van der Waals surface area contributed by atoms with Crippen molar-refractivity contribution in [2.45, 2.75) is 69.2 Å². The SMILES string of the molecule is CC1CN2CC3CCC4CCc5ccc6c(c54)C3(C)C2CC61. The van der Waals surface area contributed by atoms with Gasteiger partial charge in [0.25, 0.3) is 0 Å². The molecule has 6 rings (SSSR count). The fourth-order valence-corrected chi connectivity index (χ4v) is 7.45. The highest BCUT2D eigenvalue weighted by molar-refractivity contribution is 5.56. The van der Waals surface area contributed by atoms with Crippen LogP contribution in [-0.2, 0) is 11.8 Å². The molecule has 0 spiro atoms. The second-order valence-electron chi connectivity index (χ2n) is 9.18. The van der Waals surface area contributed by atoms with Crippen molar-refractivity contribution in [3.05, 3.63) is 34.4 Å². The summed E-state index contributed by atoms with van der Waals surface area (Å²) in [5.74, 6) is 3.50. The molecule has 0 saturated carbocycles. The van der Waals surface area contributed by atoms with Crippen molar-refractivity contribution >= 4 is 0 Å². The third-order valence-electron chi connectivity index (χ3n) is 8.46. The number of piperidine rings is 1. The van der Waals surface area contributed by atoms with Gasteiger partial charge in [-0.15, -0.1) is 0 Å². The van der Waals surface area contributed by atoms with Crippen molar-refractivity contribution < 1.29 is 0 Å². The van der Waals surface area contributed by atoms with Gasteiger partial charge < -0.3 is 0 Å². The van der Waals surface area contributed by atoms with Gasteiger partial charge in [-0.25, -0.2) is 0 Å². The van der Waals surface area contributed by atoms with Gasteiger partial charge in [0, 0.05) is 24.5 Å². The highest BCUT2D eigenvalue weighted by Crippen LogP contribution is 2.63. The molecule has 2 aliphatic heterocycles. The number of benzene rings is 1. The van der Waals surface area contributed by atoms with Crippen LogP contribution in [0.3, 0.4) is 0 Å². The van der Waals surface area contributed by atoms with Gasteiger partial charge in [-0.1, -0.05) is 26.0 Å². The predicted octanol–water partition coefficient (Wildman–Crippen LogP) is 4.21. The Morgan fingerprint density at radius 1 is 1.14 bits per heavy atom. The Bertz CT molecular complexity index is 677. The Balaban J connectivity index is 1.73. The number of rotatable bonds is 0. The van der Waals surface area contributed by atoms with Crippen LogP contribution in [0.25, 0.3) is 0 Å². The van der Waals surface area contributed by atoms with Gasteiger partial charge in [0.15, 0.2) is 0 Å². The van der Waals surface area contributed by atoms with Gasteiger partial charge in [-0.3, -0.25) is 4.90 Å². The van der Waals surface area contributed by atoms with E-state index >= 15 is 0 Å². The molecule has 22 heavy (non-hydrogen) atoms. The average molecular weight is 293 g/mol. The first kappa shape index (κ1) is 12.6. The molecule has 116 valence electrons. The van der Waals surface area contributed by atoms with E-state index in [9.17, 15) is 0 Å². The van der Waals surface area contributed by atoms with Crippen LogP contribution in [0.5, 0.6) is 0 Å². The summed E-state index contributed by atoms with van der Waals surface area (Å²) >= 11 is 0. The molecule has 2 heterocycles. The minimum absolute atomic E-state index is 0.469. The second-order valence-corrected chi connectivity index (χ2v) is 9.18. The summed E-state index contributed by atoms with van der Waals surface area (Å²) in [4.78, 5) is 2.89. The summed E-state index contributed by atoms with van der Waals surface area (Å²) in [6, 6.07) is 5.93. The fraction of sp³-hybridized carbons (Fsp3) is 0.714. The Morgan fingerprint density at radius 2 is 2.05 bits per heavy atom. The third-order valence-corrected chi connectivity index (χ3v) is 8.46. The first-order valence-electron chi connectivity index (χ1n) is 9.58. The average Bonchev–Trinajstić information content (AvgIpc) is 3.00. The zero-order valence-electron chi connectivity index (χ0n) is 13.9. The van der Waals surface area contributed by atoms with Crippen LogP contribution in [0.15, 0.2) is 12.1 Å². The summed E-state index contributed by atoms with van der Waals surface area (Å²) in [5.41, 5.74) is 7.71. The number of aryl methyl sites for hydroxylation is 1. The number of hydrogen-bond donors (Lipinski definition) is 0. The molecule has 0 radical (unpaired) electrons. The van der Waals surface area contributed by atoms with E-state index in [0.717, 1.165) is 29.7 Å². The molecule has 2 bridgehead atoms. The lowest BCUT2D eigenvalue weighted by Crippen LogP contribution is -2.53. The van der Waals surface area contributed by atoms with Gasteiger partial charge >= 0.3 is 0 Å². The molecule has 2 fully saturated rings. The lowest BCUT2D eigenvalue weighted by Gasteiger charge is -2.52. The van der Waals surface area contributed by atoms with Crippen molar-refractivity contribution in [1.82, 2.24) is 4.90 Å². The van der Waals surface area contributed by atoms with Gasteiger partial charge in [-0.2, -0.15) is 0 Å². The lowest BCUT2D eigenvalue weighted by molar-refractivity contribution is 0.0929. The van der Waals surface area contributed by atoms with E-state index in [-0.39, 0.29) is 0 Å². The molecule has 1 aromatic rings. The molecule has 2 saturated heterocycles. The highest BCUT2D eigenvalue weighted by atomic mass is 15.2. The van der Waals surface area contributed by atoms with E-state index in [2.05, 4.69) is 30.9 Å². The molecule has 5 aliphatic rings. The largest absolute Gasteiger partial charge is 0.299 e. The van der Waals surface area contributed by atoms with Crippen molar-refractivity contribution in [3.63, 3.8) is 0 Å². The number of hydrogen-bond acceptors (Lipinski definition) is 1. The summed E-state index contributed by atoms with van der Waals surface area (Å²) < 4.78 is 0. The topological polar surface area (TPSA) is 3.24 Å². The van der Waals surface area contributed by atoms with E-state index in [4.69, 9.17) is 0 Å². The minimum Gasteiger partial charge on any atom is -0.299 e. The Hall–Kier alpha value is -0.820. The molecule has 3 aliphatic carbocycles. The van der Waals surface area contributed by atoms with Gasteiger partial charge in [0.05, 0.1) is 0 Å². The lowest BCUT2D eigenvalue weighted by atomic mass is 9.57. The molecule has 0 N–H and O–H groups in total. The molecule has 1 nitrogen and oxygen atoms in total. The molecule has 0 aromatic heterocycles. The van der Waals surface area contributed by atoms with E-state index in [1.165, 1.54) is 45.2 Å². The van der Waals surface area contributed by atoms with Crippen LogP contribution >= 0.6 is 0 Å². The van der Waals surface area contributed by atoms with E-state index < -0.39 is 0 Å². The van der Waals surface area contributed by atoms with Crippen LogP contribution in [-0.4, -0.2) is 24.0 Å². The molecule has 6 unspecified atom stereocenters. The number of fused-ring (bicyclic) bond motifs is 2. The van der Waals surface area contributed by atoms with Crippen LogP contribution in [0, 0.1) is 11.8 Å². The van der Waals surface area contributed by atoms with E-state index in [0.29, 0.717) is 5.41 Å². The summed E-state index contributed by atoms with van der Waals surface area (Å²) in [7, 11) is 0. The summed E-state index contributed by atoms with van der Waals surface area (Å²) in [5, 5.41) is 0. The standard InChI is InChI=1S/C21H27N/c1-12-10-22-11-15-7-5-13-3-4-14-6-8-16-17(12)9-18(22)21(15,2)20(16)19(13)14/h6,8,12-13,15,17-18H,3-5,7,9-11H2,1-2H3. The third kappa shape index (κ3) is 1.22. The van der Waals surface area contributed by atoms with Gasteiger partial charge in [-0.05, 0) is 78.0 Å². The zero-order chi connectivity index (χ0) is 14.6. The maximum Gasteiger partial charge on any atom is 0.0199 e. The van der Waals surface area contributed by atoms with Crippen molar-refractivity contribution in [1.29, 1.82) is 0 Å². The predicted molar refractivity (Wildman–Crippen MR) is 89.5 cm³/mol. The summed E-state index contributed by atoms with van der Waals surface area (Å²) in [6.07, 6.45) is 7.15. The normalized spacial score (nSPS) is 47.6. The molecule has 1 heteroatoms. The van der Waals surface area contributed by atoms with Crippen molar-refractivity contribution in [2.24, 2.45) is 11.8 Å². The molecule has 1 aromatic carbocycles. The zero-order valence-corrected chi connectivity index (χ0v) is 13.9. The first-order chi connectivity index (χ1) is 10.7. The van der Waals surface area contributed by atoms with Crippen LogP contribution in [0.2, 0.25) is 0 Å². The smallest absolute Gasteiger partial charge is 0.0199 e. The monoisotopic (exact) mass is 293 g/mol. The van der Waals surface area contributed by atoms with Crippen LogP contribution in [0.4, 0.5) is 0 Å². The van der Waals surface area contributed by atoms with E-state index in [1.54, 1.807) is 11.1 Å². The minimum atomic E-state index is 0.469. The highest BCUT2D eigenvalue weighted by Gasteiger charge is 2.60. The van der Waals surface area contributed by atoms with Crippen LogP contribution < -0.4 is 0 Å². The van der Waals surface area contributed by atoms with Gasteiger partial charge in [0.2, 0.25) is 0 Å². The number of nitrogens with zero attached hydrogens (tertiary/aromatic N) is 1. The molecular formula is C21H27N. The summed E-state index contributed by atoms with van der Waals surface area (Å²) in [6.45, 7) is 7.90. The first-order valence-corrected chi connectivity index (χ1v) is 9.58. The van der Waals surface area contributed by atoms with Crippen molar-refractivity contribution in [2.75, 3.05) is 13.1 Å². The maximum atomic E-state index is 2.89. The molecular weight excluding hydrogens is 266 g/mol. The molecule has 0 amide bonds. The Kier molecular flexibility index (Phi) is 2.18. The van der Waals surface area contributed by atoms with E-state index in [1.807, 2.05) is 11.1 Å². The van der Waals surface area contributed by atoms with Gasteiger partial charge in [0.1, 0.15) is 0 Å². The maximum absolute atomic E-state index is 2.89. The Labute approximate surface area is 134 Å². The molecule has 6 atom stereocenters. The van der Waals surface area contributed by atoms with Crippen LogP contribution in [0.1, 0.15) is 73.6 Å². The van der Waals surface area contributed by atoms with Crippen molar-refractivity contribution in [3.8, 4) is 0 Å². The Morgan fingerprint density at radius 3 is 2.95 bits per heavy atom.